The summed E-state index contributed by atoms with van der Waals surface area (Å²) >= 11 is 1.24. The number of hydrogen-bond donors (Lipinski definition) is 0. The van der Waals surface area contributed by atoms with E-state index in [-0.39, 0.29) is 17.7 Å². The molecule has 0 N–H and O–H groups in total. The highest BCUT2D eigenvalue weighted by Gasteiger charge is 2.34. The fourth-order valence-corrected chi connectivity index (χ4v) is 6.23. The van der Waals surface area contributed by atoms with E-state index >= 15 is 0 Å². The first kappa shape index (κ1) is 27.6. The van der Waals surface area contributed by atoms with Gasteiger partial charge in [-0.15, -0.1) is 0 Å². The van der Waals surface area contributed by atoms with Crippen LogP contribution in [0.3, 0.4) is 0 Å². The number of fused-ring (bicyclic) bond motifs is 1. The fraction of sp³-hybridized carbons (Fsp3) is 0.414. The van der Waals surface area contributed by atoms with E-state index in [1.165, 1.54) is 43.7 Å². The number of thiazole rings is 1. The van der Waals surface area contributed by atoms with Gasteiger partial charge in [-0.2, -0.15) is 0 Å². The summed E-state index contributed by atoms with van der Waals surface area (Å²) in [6.07, 6.45) is 5.23. The molecular formula is C29H33N3O7S. The Kier molecular flexibility index (Phi) is 8.02. The van der Waals surface area contributed by atoms with Crippen LogP contribution in [0.15, 0.2) is 49.7 Å². The van der Waals surface area contributed by atoms with Gasteiger partial charge in [-0.1, -0.05) is 11.3 Å². The molecule has 0 spiro atoms. The molecule has 0 amide bonds. The molecule has 0 saturated carbocycles. The lowest BCUT2D eigenvalue weighted by Gasteiger charge is -2.26. The Morgan fingerprint density at radius 3 is 2.42 bits per heavy atom. The van der Waals surface area contributed by atoms with Crippen LogP contribution in [0.5, 0.6) is 17.2 Å². The van der Waals surface area contributed by atoms with Gasteiger partial charge in [-0.25, -0.2) is 9.79 Å². The fourth-order valence-electron chi connectivity index (χ4n) is 5.20. The maximum absolute atomic E-state index is 13.9. The SMILES string of the molecule is CCOC(=O)C1=C(C)N=c2s/c(=C\c3ccc(N4CCCCC4)o3)c(=O)n2C1c1cc(OC)c(OC)c(OC)c1. The third-order valence-electron chi connectivity index (χ3n) is 7.07. The Hall–Kier alpha value is -3.99. The molecule has 212 valence electrons. The molecule has 2 aliphatic heterocycles. The number of piperidine rings is 1. The Labute approximate surface area is 235 Å². The zero-order valence-corrected chi connectivity index (χ0v) is 24.1. The van der Waals surface area contributed by atoms with Crippen molar-refractivity contribution < 1.29 is 28.2 Å². The van der Waals surface area contributed by atoms with E-state index in [1.54, 1.807) is 32.1 Å². The van der Waals surface area contributed by atoms with Crippen molar-refractivity contribution in [2.45, 2.75) is 39.2 Å². The number of ether oxygens (including phenoxy) is 4. The number of anilines is 1. The van der Waals surface area contributed by atoms with Crippen molar-refractivity contribution in [2.75, 3.05) is 45.9 Å². The first-order valence-corrected chi connectivity index (χ1v) is 14.1. The predicted octanol–water partition coefficient (Wildman–Crippen LogP) is 3.41. The zero-order chi connectivity index (χ0) is 28.4. The number of esters is 1. The Balaban J connectivity index is 1.67. The number of methoxy groups -OCH3 is 3. The topological polar surface area (TPSA) is 105 Å². The highest BCUT2D eigenvalue weighted by Crippen LogP contribution is 2.42. The Bertz CT molecular complexity index is 1600. The molecule has 1 atom stereocenters. The van der Waals surface area contributed by atoms with Crippen molar-refractivity contribution in [3.8, 4) is 17.2 Å². The smallest absolute Gasteiger partial charge is 0.338 e. The van der Waals surface area contributed by atoms with E-state index in [1.807, 2.05) is 12.1 Å². The van der Waals surface area contributed by atoms with E-state index < -0.39 is 12.0 Å². The largest absolute Gasteiger partial charge is 0.493 e. The van der Waals surface area contributed by atoms with Crippen LogP contribution in [-0.2, 0) is 9.53 Å². The molecule has 4 heterocycles. The molecule has 2 aromatic heterocycles. The van der Waals surface area contributed by atoms with Gasteiger partial charge >= 0.3 is 5.97 Å². The number of allylic oxidation sites excluding steroid dienone is 1. The molecule has 11 heteroatoms. The quantitative estimate of drug-likeness (QED) is 0.382. The lowest BCUT2D eigenvalue weighted by Crippen LogP contribution is -2.40. The lowest BCUT2D eigenvalue weighted by molar-refractivity contribution is -0.139. The second kappa shape index (κ2) is 11.6. The van der Waals surface area contributed by atoms with Crippen molar-refractivity contribution in [3.63, 3.8) is 0 Å². The molecule has 2 aliphatic rings. The molecule has 0 bridgehead atoms. The first-order valence-electron chi connectivity index (χ1n) is 13.2. The van der Waals surface area contributed by atoms with Gasteiger partial charge in [0.2, 0.25) is 5.75 Å². The molecule has 1 fully saturated rings. The summed E-state index contributed by atoms with van der Waals surface area (Å²) in [5.41, 5.74) is 1.02. The number of benzene rings is 1. The van der Waals surface area contributed by atoms with Crippen LogP contribution in [0.1, 0.15) is 50.5 Å². The molecule has 0 aliphatic carbocycles. The second-order valence-electron chi connectivity index (χ2n) is 9.48. The van der Waals surface area contributed by atoms with Crippen LogP contribution in [0.2, 0.25) is 0 Å². The predicted molar refractivity (Wildman–Crippen MR) is 151 cm³/mol. The maximum Gasteiger partial charge on any atom is 0.338 e. The molecule has 1 saturated heterocycles. The minimum atomic E-state index is -0.827. The normalized spacial score (nSPS) is 17.4. The number of rotatable bonds is 8. The monoisotopic (exact) mass is 567 g/mol. The number of carbonyl (C=O) groups excluding carboxylic acids is 1. The van der Waals surface area contributed by atoms with Crippen molar-refractivity contribution in [3.05, 3.63) is 66.5 Å². The Morgan fingerprint density at radius 1 is 1.10 bits per heavy atom. The van der Waals surface area contributed by atoms with E-state index in [9.17, 15) is 9.59 Å². The van der Waals surface area contributed by atoms with Gasteiger partial charge < -0.3 is 28.3 Å². The summed E-state index contributed by atoms with van der Waals surface area (Å²) in [6, 6.07) is 6.45. The minimum absolute atomic E-state index is 0.180. The van der Waals surface area contributed by atoms with Gasteiger partial charge in [0.05, 0.1) is 49.8 Å². The van der Waals surface area contributed by atoms with Crippen LogP contribution >= 0.6 is 11.3 Å². The standard InChI is InChI=1S/C29H33N3O7S/c1-6-38-28(34)24-17(2)30-29-32(25(24)18-14-20(35-3)26(37-5)21(15-18)36-4)27(33)22(40-29)16-19-10-11-23(39-19)31-12-8-7-9-13-31/h10-11,14-16,25H,6-9,12-13H2,1-5H3/b22-16-. The summed E-state index contributed by atoms with van der Waals surface area (Å²) in [5, 5.41) is 0. The van der Waals surface area contributed by atoms with Crippen molar-refractivity contribution in [1.82, 2.24) is 4.57 Å². The molecular weight excluding hydrogens is 534 g/mol. The first-order chi connectivity index (χ1) is 19.4. The molecule has 40 heavy (non-hydrogen) atoms. The minimum Gasteiger partial charge on any atom is -0.493 e. The van der Waals surface area contributed by atoms with Crippen LogP contribution < -0.4 is 34.0 Å². The highest BCUT2D eigenvalue weighted by atomic mass is 32.1. The van der Waals surface area contributed by atoms with Crippen LogP contribution in [0.4, 0.5) is 5.88 Å². The van der Waals surface area contributed by atoms with E-state index in [0.717, 1.165) is 31.8 Å². The molecule has 1 unspecified atom stereocenters. The van der Waals surface area contributed by atoms with Crippen LogP contribution in [-0.4, -0.2) is 51.6 Å². The summed E-state index contributed by atoms with van der Waals surface area (Å²) < 4.78 is 30.1. The second-order valence-corrected chi connectivity index (χ2v) is 10.5. The van der Waals surface area contributed by atoms with Gasteiger partial charge in [0, 0.05) is 25.2 Å². The molecule has 3 aromatic rings. The van der Waals surface area contributed by atoms with E-state index in [2.05, 4.69) is 9.89 Å². The maximum atomic E-state index is 13.9. The van der Waals surface area contributed by atoms with E-state index in [0.29, 0.717) is 43.6 Å². The third kappa shape index (κ3) is 5.01. The summed E-state index contributed by atoms with van der Waals surface area (Å²) in [5.74, 6) is 2.04. The number of hydrogen-bond acceptors (Lipinski definition) is 10. The van der Waals surface area contributed by atoms with E-state index in [4.69, 9.17) is 23.4 Å². The van der Waals surface area contributed by atoms with Crippen molar-refractivity contribution >= 4 is 29.3 Å². The molecule has 1 aromatic carbocycles. The van der Waals surface area contributed by atoms with Gasteiger partial charge in [0.1, 0.15) is 5.76 Å². The molecule has 5 rings (SSSR count). The zero-order valence-electron chi connectivity index (χ0n) is 23.3. The summed E-state index contributed by atoms with van der Waals surface area (Å²) in [6.45, 7) is 5.57. The van der Waals surface area contributed by atoms with Gasteiger partial charge in [-0.05, 0) is 56.9 Å². The number of aromatic nitrogens is 1. The number of carbonyl (C=O) groups is 1. The van der Waals surface area contributed by atoms with Gasteiger partial charge in [-0.3, -0.25) is 9.36 Å². The summed E-state index contributed by atoms with van der Waals surface area (Å²) in [7, 11) is 4.55. The molecule has 0 radical (unpaired) electrons. The average Bonchev–Trinajstić information content (AvgIpc) is 3.56. The highest BCUT2D eigenvalue weighted by molar-refractivity contribution is 7.07. The number of furan rings is 1. The van der Waals surface area contributed by atoms with Crippen LogP contribution in [0.25, 0.3) is 6.08 Å². The van der Waals surface area contributed by atoms with Crippen LogP contribution in [0, 0.1) is 0 Å². The lowest BCUT2D eigenvalue weighted by atomic mass is 9.95. The third-order valence-corrected chi connectivity index (χ3v) is 8.06. The van der Waals surface area contributed by atoms with Gasteiger partial charge in [0.15, 0.2) is 22.2 Å². The van der Waals surface area contributed by atoms with Crippen molar-refractivity contribution in [2.24, 2.45) is 4.99 Å². The molecule has 10 nitrogen and oxygen atoms in total. The average molecular weight is 568 g/mol. The summed E-state index contributed by atoms with van der Waals surface area (Å²) in [4.78, 5) is 34.5. The van der Waals surface area contributed by atoms with Gasteiger partial charge in [0.25, 0.3) is 5.56 Å². The van der Waals surface area contributed by atoms with Crippen molar-refractivity contribution in [1.29, 1.82) is 0 Å². The Morgan fingerprint density at radius 2 is 1.80 bits per heavy atom. The number of nitrogens with zero attached hydrogens (tertiary/aromatic N) is 3.